The largest absolute Gasteiger partial charge is 0.495 e. The van der Waals surface area contributed by atoms with Crippen LogP contribution in [-0.2, 0) is 6.54 Å². The van der Waals surface area contributed by atoms with Crippen molar-refractivity contribution < 1.29 is 9.47 Å². The molecule has 0 bridgehead atoms. The predicted octanol–water partition coefficient (Wildman–Crippen LogP) is 3.87. The average Bonchev–Trinajstić information content (AvgIpc) is 2.52. The minimum atomic E-state index is 0.506. The Morgan fingerprint density at radius 2 is 1.75 bits per heavy atom. The molecule has 0 radical (unpaired) electrons. The molecule has 0 amide bonds. The first-order valence-corrected chi connectivity index (χ1v) is 6.53. The topological polar surface area (TPSA) is 30.5 Å². The third-order valence-corrected chi connectivity index (χ3v) is 2.91. The number of rotatable bonds is 7. The third kappa shape index (κ3) is 3.54. The van der Waals surface area contributed by atoms with Crippen molar-refractivity contribution in [2.24, 2.45) is 0 Å². The lowest BCUT2D eigenvalue weighted by Gasteiger charge is -2.13. The summed E-state index contributed by atoms with van der Waals surface area (Å²) in [6, 6.07) is 15.8. The molecule has 3 heteroatoms. The number of methoxy groups -OCH3 is 1. The van der Waals surface area contributed by atoms with Crippen LogP contribution in [0.2, 0.25) is 0 Å². The van der Waals surface area contributed by atoms with Gasteiger partial charge in [-0.2, -0.15) is 0 Å². The summed E-state index contributed by atoms with van der Waals surface area (Å²) in [5.74, 6) is 1.70. The van der Waals surface area contributed by atoms with Gasteiger partial charge in [0.2, 0.25) is 0 Å². The molecule has 2 aromatic rings. The van der Waals surface area contributed by atoms with Crippen LogP contribution in [-0.4, -0.2) is 13.7 Å². The first-order chi connectivity index (χ1) is 9.85. The van der Waals surface area contributed by atoms with E-state index in [1.54, 1.807) is 13.2 Å². The van der Waals surface area contributed by atoms with E-state index in [1.165, 1.54) is 0 Å². The first-order valence-electron chi connectivity index (χ1n) is 6.53. The highest BCUT2D eigenvalue weighted by molar-refractivity contribution is 5.56. The van der Waals surface area contributed by atoms with Crippen molar-refractivity contribution in [1.29, 1.82) is 0 Å². The van der Waals surface area contributed by atoms with Gasteiger partial charge in [0.05, 0.1) is 12.8 Å². The molecule has 0 atom stereocenters. The SMILES string of the molecule is C=CCOc1ccccc1CNc1ccccc1OC. The number of hydrogen-bond acceptors (Lipinski definition) is 3. The zero-order chi connectivity index (χ0) is 14.2. The molecule has 1 N–H and O–H groups in total. The molecule has 2 rings (SSSR count). The van der Waals surface area contributed by atoms with Gasteiger partial charge in [-0.15, -0.1) is 0 Å². The fraction of sp³-hybridized carbons (Fsp3) is 0.176. The highest BCUT2D eigenvalue weighted by Gasteiger charge is 2.04. The monoisotopic (exact) mass is 269 g/mol. The maximum Gasteiger partial charge on any atom is 0.141 e. The van der Waals surface area contributed by atoms with Gasteiger partial charge in [-0.05, 0) is 18.2 Å². The van der Waals surface area contributed by atoms with E-state index in [9.17, 15) is 0 Å². The van der Waals surface area contributed by atoms with Crippen LogP contribution < -0.4 is 14.8 Å². The zero-order valence-corrected chi connectivity index (χ0v) is 11.6. The van der Waals surface area contributed by atoms with Crippen molar-refractivity contribution in [2.45, 2.75) is 6.54 Å². The molecule has 0 aromatic heterocycles. The number of ether oxygens (including phenoxy) is 2. The smallest absolute Gasteiger partial charge is 0.141 e. The normalized spacial score (nSPS) is 9.85. The quantitative estimate of drug-likeness (QED) is 0.774. The molecule has 0 heterocycles. The van der Waals surface area contributed by atoms with Crippen LogP contribution >= 0.6 is 0 Å². The lowest BCUT2D eigenvalue weighted by molar-refractivity contribution is 0.359. The van der Waals surface area contributed by atoms with E-state index < -0.39 is 0 Å². The Morgan fingerprint density at radius 3 is 2.50 bits per heavy atom. The molecule has 0 aliphatic carbocycles. The summed E-state index contributed by atoms with van der Waals surface area (Å²) < 4.78 is 11.0. The Bertz CT molecular complexity index is 566. The summed E-state index contributed by atoms with van der Waals surface area (Å²) >= 11 is 0. The molecule has 3 nitrogen and oxygen atoms in total. The van der Waals surface area contributed by atoms with Gasteiger partial charge in [0.25, 0.3) is 0 Å². The van der Waals surface area contributed by atoms with E-state index in [0.29, 0.717) is 13.2 Å². The highest BCUT2D eigenvalue weighted by atomic mass is 16.5. The van der Waals surface area contributed by atoms with E-state index in [2.05, 4.69) is 11.9 Å². The van der Waals surface area contributed by atoms with Crippen molar-refractivity contribution in [3.8, 4) is 11.5 Å². The van der Waals surface area contributed by atoms with Gasteiger partial charge in [0.15, 0.2) is 0 Å². The second-order valence-corrected chi connectivity index (χ2v) is 4.26. The molecule has 0 saturated heterocycles. The summed E-state index contributed by atoms with van der Waals surface area (Å²) in [6.07, 6.45) is 1.74. The van der Waals surface area contributed by atoms with Crippen LogP contribution in [0.1, 0.15) is 5.56 Å². The summed E-state index contributed by atoms with van der Waals surface area (Å²) in [7, 11) is 1.67. The fourth-order valence-corrected chi connectivity index (χ4v) is 1.92. The van der Waals surface area contributed by atoms with Gasteiger partial charge in [0.1, 0.15) is 18.1 Å². The lowest BCUT2D eigenvalue weighted by atomic mass is 10.2. The number of benzene rings is 2. The van der Waals surface area contributed by atoms with Crippen molar-refractivity contribution in [3.63, 3.8) is 0 Å². The van der Waals surface area contributed by atoms with Crippen molar-refractivity contribution in [3.05, 3.63) is 66.7 Å². The zero-order valence-electron chi connectivity index (χ0n) is 11.6. The Balaban J connectivity index is 2.08. The van der Waals surface area contributed by atoms with Gasteiger partial charge >= 0.3 is 0 Å². The Labute approximate surface area is 119 Å². The fourth-order valence-electron chi connectivity index (χ4n) is 1.92. The van der Waals surface area contributed by atoms with Gasteiger partial charge < -0.3 is 14.8 Å². The van der Waals surface area contributed by atoms with Crippen molar-refractivity contribution in [2.75, 3.05) is 19.0 Å². The maximum absolute atomic E-state index is 5.64. The van der Waals surface area contributed by atoms with Gasteiger partial charge in [-0.25, -0.2) is 0 Å². The molecule has 0 spiro atoms. The molecule has 20 heavy (non-hydrogen) atoms. The molecule has 0 fully saturated rings. The third-order valence-electron chi connectivity index (χ3n) is 2.91. The lowest BCUT2D eigenvalue weighted by Crippen LogP contribution is -2.04. The number of hydrogen-bond donors (Lipinski definition) is 1. The van der Waals surface area contributed by atoms with Crippen molar-refractivity contribution >= 4 is 5.69 Å². The van der Waals surface area contributed by atoms with E-state index in [1.807, 2.05) is 48.5 Å². The van der Waals surface area contributed by atoms with E-state index in [4.69, 9.17) is 9.47 Å². The summed E-state index contributed by atoms with van der Waals surface area (Å²) in [5.41, 5.74) is 2.06. The van der Waals surface area contributed by atoms with Crippen LogP contribution in [0.3, 0.4) is 0 Å². The van der Waals surface area contributed by atoms with E-state index >= 15 is 0 Å². The minimum absolute atomic E-state index is 0.506. The summed E-state index contributed by atoms with van der Waals surface area (Å²) in [6.45, 7) is 4.84. The van der Waals surface area contributed by atoms with Crippen LogP contribution in [0.25, 0.3) is 0 Å². The molecule has 0 unspecified atom stereocenters. The minimum Gasteiger partial charge on any atom is -0.495 e. The van der Waals surface area contributed by atoms with E-state index in [0.717, 1.165) is 22.7 Å². The molecule has 104 valence electrons. The van der Waals surface area contributed by atoms with Crippen LogP contribution in [0.4, 0.5) is 5.69 Å². The molecule has 0 saturated carbocycles. The molecule has 0 aliphatic rings. The second-order valence-electron chi connectivity index (χ2n) is 4.26. The van der Waals surface area contributed by atoms with Gasteiger partial charge in [-0.1, -0.05) is 43.0 Å². The van der Waals surface area contributed by atoms with Crippen LogP contribution in [0.15, 0.2) is 61.2 Å². The predicted molar refractivity (Wildman–Crippen MR) is 82.5 cm³/mol. The highest BCUT2D eigenvalue weighted by Crippen LogP contribution is 2.25. The average molecular weight is 269 g/mol. The number of anilines is 1. The number of nitrogens with one attached hydrogen (secondary N) is 1. The summed E-state index contributed by atoms with van der Waals surface area (Å²) in [5, 5.41) is 3.37. The molecular formula is C17H19NO2. The Morgan fingerprint density at radius 1 is 1.05 bits per heavy atom. The van der Waals surface area contributed by atoms with Crippen LogP contribution in [0, 0.1) is 0 Å². The molecular weight excluding hydrogens is 250 g/mol. The first kappa shape index (κ1) is 14.0. The Kier molecular flexibility index (Phi) is 5.07. The van der Waals surface area contributed by atoms with Crippen LogP contribution in [0.5, 0.6) is 11.5 Å². The molecule has 0 aliphatic heterocycles. The van der Waals surface area contributed by atoms with E-state index in [-0.39, 0.29) is 0 Å². The Hall–Kier alpha value is -2.42. The summed E-state index contributed by atoms with van der Waals surface area (Å²) in [4.78, 5) is 0. The molecule has 2 aromatic carbocycles. The van der Waals surface area contributed by atoms with Crippen molar-refractivity contribution in [1.82, 2.24) is 0 Å². The number of para-hydroxylation sites is 3. The van der Waals surface area contributed by atoms with Gasteiger partial charge in [-0.3, -0.25) is 0 Å². The maximum atomic E-state index is 5.64. The van der Waals surface area contributed by atoms with Gasteiger partial charge in [0, 0.05) is 12.1 Å². The standard InChI is InChI=1S/C17H19NO2/c1-3-12-20-16-10-6-4-8-14(16)13-18-15-9-5-7-11-17(15)19-2/h3-11,18H,1,12-13H2,2H3. The second kappa shape index (κ2) is 7.24.